The fraction of sp³-hybridized carbons (Fsp3) is 0.533. The summed E-state index contributed by atoms with van der Waals surface area (Å²) in [5.74, 6) is 0.0738. The van der Waals surface area contributed by atoms with E-state index in [0.717, 1.165) is 5.82 Å². The van der Waals surface area contributed by atoms with Crippen molar-refractivity contribution >= 4 is 21.6 Å². The van der Waals surface area contributed by atoms with Gasteiger partial charge in [-0.15, -0.1) is 0 Å². The van der Waals surface area contributed by atoms with Gasteiger partial charge < -0.3 is 9.80 Å². The lowest BCUT2D eigenvalue weighted by Crippen LogP contribution is -2.50. The summed E-state index contributed by atoms with van der Waals surface area (Å²) < 4.78 is 23.5. The topological polar surface area (TPSA) is 94.4 Å². The number of piperazine rings is 1. The van der Waals surface area contributed by atoms with Gasteiger partial charge in [-0.2, -0.15) is 5.26 Å². The van der Waals surface area contributed by atoms with Gasteiger partial charge in [0, 0.05) is 32.4 Å². The van der Waals surface area contributed by atoms with Crippen LogP contribution in [0.5, 0.6) is 0 Å². The number of aromatic nitrogens is 1. The van der Waals surface area contributed by atoms with Crippen molar-refractivity contribution in [3.8, 4) is 6.07 Å². The molecule has 2 heterocycles. The van der Waals surface area contributed by atoms with Crippen molar-refractivity contribution in [3.63, 3.8) is 0 Å². The van der Waals surface area contributed by atoms with Crippen LogP contribution in [0, 0.1) is 11.3 Å². The van der Waals surface area contributed by atoms with Crippen molar-refractivity contribution in [1.29, 1.82) is 5.26 Å². The minimum absolute atomic E-state index is 0.0495. The number of sulfone groups is 1. The van der Waals surface area contributed by atoms with E-state index in [0.29, 0.717) is 38.2 Å². The van der Waals surface area contributed by atoms with E-state index in [1.54, 1.807) is 24.0 Å². The fourth-order valence-corrected chi connectivity index (χ4v) is 3.81. The second-order valence-electron chi connectivity index (χ2n) is 5.48. The number of nitriles is 1. The molecule has 0 unspecified atom stereocenters. The number of nitrogens with zero attached hydrogens (tertiary/aromatic N) is 4. The van der Waals surface area contributed by atoms with Crippen molar-refractivity contribution in [3.05, 3.63) is 23.9 Å². The molecule has 1 aromatic heterocycles. The Morgan fingerprint density at radius 1 is 1.30 bits per heavy atom. The molecular formula is C15H20N4O3S. The standard InChI is InChI=1S/C15H20N4O3S/c1-2-9-23(21,22)12-15(20)19-7-5-18(6-8-19)14-4-3-13(10-16)11-17-14/h3-4,11H,2,5-9,12H2,1H3. The molecule has 1 saturated heterocycles. The number of carbonyl (C=O) groups excluding carboxylic acids is 1. The third-order valence-corrected chi connectivity index (χ3v) is 5.41. The van der Waals surface area contributed by atoms with E-state index in [9.17, 15) is 13.2 Å². The molecule has 7 nitrogen and oxygen atoms in total. The van der Waals surface area contributed by atoms with Crippen LogP contribution in [0.3, 0.4) is 0 Å². The van der Waals surface area contributed by atoms with Gasteiger partial charge in [-0.3, -0.25) is 4.79 Å². The van der Waals surface area contributed by atoms with E-state index in [1.165, 1.54) is 6.20 Å². The molecule has 0 N–H and O–H groups in total. The van der Waals surface area contributed by atoms with Gasteiger partial charge in [0.1, 0.15) is 17.6 Å². The number of pyridine rings is 1. The molecule has 0 aromatic carbocycles. The Hall–Kier alpha value is -2.14. The highest BCUT2D eigenvalue weighted by Gasteiger charge is 2.25. The van der Waals surface area contributed by atoms with Crippen LogP contribution in [-0.2, 0) is 14.6 Å². The Labute approximate surface area is 136 Å². The normalized spacial score (nSPS) is 15.3. The SMILES string of the molecule is CCCS(=O)(=O)CC(=O)N1CCN(c2ccc(C#N)cn2)CC1. The summed E-state index contributed by atoms with van der Waals surface area (Å²) in [6.07, 6.45) is 2.04. The minimum Gasteiger partial charge on any atom is -0.353 e. The highest BCUT2D eigenvalue weighted by Crippen LogP contribution is 2.14. The Kier molecular flexibility index (Phi) is 5.55. The van der Waals surface area contributed by atoms with Gasteiger partial charge in [0.05, 0.1) is 11.3 Å². The first kappa shape index (κ1) is 17.2. The van der Waals surface area contributed by atoms with Gasteiger partial charge in [-0.1, -0.05) is 6.92 Å². The van der Waals surface area contributed by atoms with Gasteiger partial charge in [-0.05, 0) is 18.6 Å². The third-order valence-electron chi connectivity index (χ3n) is 3.69. The van der Waals surface area contributed by atoms with Crippen LogP contribution < -0.4 is 4.90 Å². The van der Waals surface area contributed by atoms with Gasteiger partial charge in [0.15, 0.2) is 9.84 Å². The zero-order chi connectivity index (χ0) is 16.9. The first-order chi connectivity index (χ1) is 10.9. The van der Waals surface area contributed by atoms with Crippen molar-refractivity contribution < 1.29 is 13.2 Å². The zero-order valence-corrected chi connectivity index (χ0v) is 13.9. The van der Waals surface area contributed by atoms with Gasteiger partial charge in [0.25, 0.3) is 0 Å². The van der Waals surface area contributed by atoms with E-state index in [2.05, 4.69) is 4.98 Å². The average molecular weight is 336 g/mol. The smallest absolute Gasteiger partial charge is 0.237 e. The van der Waals surface area contributed by atoms with E-state index in [-0.39, 0.29) is 11.7 Å². The van der Waals surface area contributed by atoms with Crippen LogP contribution in [0.4, 0.5) is 5.82 Å². The van der Waals surface area contributed by atoms with Gasteiger partial charge in [0.2, 0.25) is 5.91 Å². The maximum atomic E-state index is 12.1. The van der Waals surface area contributed by atoms with Crippen LogP contribution in [0.2, 0.25) is 0 Å². The molecule has 0 bridgehead atoms. The molecule has 124 valence electrons. The number of carbonyl (C=O) groups is 1. The summed E-state index contributed by atoms with van der Waals surface area (Å²) in [5.41, 5.74) is 0.503. The molecule has 0 spiro atoms. The summed E-state index contributed by atoms with van der Waals surface area (Å²) in [5, 5.41) is 8.77. The number of amides is 1. The minimum atomic E-state index is -3.30. The van der Waals surface area contributed by atoms with E-state index < -0.39 is 15.6 Å². The van der Waals surface area contributed by atoms with E-state index in [4.69, 9.17) is 5.26 Å². The van der Waals surface area contributed by atoms with Crippen molar-refractivity contribution in [2.75, 3.05) is 42.6 Å². The zero-order valence-electron chi connectivity index (χ0n) is 13.1. The summed E-state index contributed by atoms with van der Waals surface area (Å²) >= 11 is 0. The molecule has 0 atom stereocenters. The molecule has 0 saturated carbocycles. The molecular weight excluding hydrogens is 316 g/mol. The van der Waals surface area contributed by atoms with Crippen LogP contribution in [0.25, 0.3) is 0 Å². The highest BCUT2D eigenvalue weighted by atomic mass is 32.2. The molecule has 0 radical (unpaired) electrons. The lowest BCUT2D eigenvalue weighted by Gasteiger charge is -2.35. The second kappa shape index (κ2) is 7.42. The molecule has 1 aliphatic rings. The second-order valence-corrected chi connectivity index (χ2v) is 7.66. The number of hydrogen-bond donors (Lipinski definition) is 0. The number of rotatable bonds is 5. The summed E-state index contributed by atoms with van der Waals surface area (Å²) in [7, 11) is -3.30. The Morgan fingerprint density at radius 2 is 2.00 bits per heavy atom. The average Bonchev–Trinajstić information content (AvgIpc) is 2.54. The van der Waals surface area contributed by atoms with E-state index >= 15 is 0 Å². The quantitative estimate of drug-likeness (QED) is 0.774. The van der Waals surface area contributed by atoms with Gasteiger partial charge >= 0.3 is 0 Å². The molecule has 0 aliphatic carbocycles. The third kappa shape index (κ3) is 4.66. The summed E-state index contributed by atoms with van der Waals surface area (Å²) in [6, 6.07) is 5.51. The maximum Gasteiger partial charge on any atom is 0.237 e. The summed E-state index contributed by atoms with van der Waals surface area (Å²) in [6.45, 7) is 3.92. The molecule has 1 amide bonds. The molecule has 1 fully saturated rings. The van der Waals surface area contributed by atoms with Gasteiger partial charge in [-0.25, -0.2) is 13.4 Å². The largest absolute Gasteiger partial charge is 0.353 e. The van der Waals surface area contributed by atoms with Crippen molar-refractivity contribution in [2.45, 2.75) is 13.3 Å². The molecule has 23 heavy (non-hydrogen) atoms. The highest BCUT2D eigenvalue weighted by molar-refractivity contribution is 7.92. The monoisotopic (exact) mass is 336 g/mol. The van der Waals surface area contributed by atoms with Crippen LogP contribution in [-0.4, -0.2) is 61.9 Å². The fourth-order valence-electron chi connectivity index (χ4n) is 2.49. The Balaban J connectivity index is 1.90. The predicted molar refractivity (Wildman–Crippen MR) is 86.7 cm³/mol. The van der Waals surface area contributed by atoms with Crippen molar-refractivity contribution in [1.82, 2.24) is 9.88 Å². The van der Waals surface area contributed by atoms with Crippen LogP contribution in [0.1, 0.15) is 18.9 Å². The lowest BCUT2D eigenvalue weighted by molar-refractivity contribution is -0.128. The Morgan fingerprint density at radius 3 is 2.52 bits per heavy atom. The Bertz CT molecular complexity index is 686. The molecule has 1 aromatic rings. The van der Waals surface area contributed by atoms with Crippen molar-refractivity contribution in [2.24, 2.45) is 0 Å². The number of hydrogen-bond acceptors (Lipinski definition) is 6. The van der Waals surface area contributed by atoms with Crippen LogP contribution in [0.15, 0.2) is 18.3 Å². The van der Waals surface area contributed by atoms with E-state index in [1.807, 2.05) is 11.0 Å². The lowest BCUT2D eigenvalue weighted by atomic mass is 10.2. The summed E-state index contributed by atoms with van der Waals surface area (Å²) in [4.78, 5) is 19.9. The molecule has 1 aliphatic heterocycles. The van der Waals surface area contributed by atoms with Crippen LogP contribution >= 0.6 is 0 Å². The number of anilines is 1. The first-order valence-electron chi connectivity index (χ1n) is 7.54. The first-order valence-corrected chi connectivity index (χ1v) is 9.36. The molecule has 2 rings (SSSR count). The molecule has 8 heteroatoms. The maximum absolute atomic E-state index is 12.1. The predicted octanol–water partition coefficient (Wildman–Crippen LogP) is 0.427.